The average Bonchev–Trinajstić information content (AvgIpc) is 3.30. The number of aryl methyl sites for hydroxylation is 1. The summed E-state index contributed by atoms with van der Waals surface area (Å²) in [6, 6.07) is 3.96. The Hall–Kier alpha value is -2.15. The van der Waals surface area contributed by atoms with Crippen LogP contribution in [0.1, 0.15) is 51.1 Å². The Morgan fingerprint density at radius 3 is 2.96 bits per heavy atom. The quantitative estimate of drug-likeness (QED) is 0.756. The van der Waals surface area contributed by atoms with Gasteiger partial charge in [-0.3, -0.25) is 9.69 Å². The van der Waals surface area contributed by atoms with Crippen molar-refractivity contribution in [1.29, 1.82) is 0 Å². The summed E-state index contributed by atoms with van der Waals surface area (Å²) in [5.74, 6) is 2.29. The number of carbonyl (C=O) groups is 1. The first-order valence-electron chi connectivity index (χ1n) is 9.43. The fourth-order valence-corrected chi connectivity index (χ4v) is 3.42. The Balaban J connectivity index is 1.63. The second kappa shape index (κ2) is 8.49. The first kappa shape index (κ1) is 18.6. The van der Waals surface area contributed by atoms with Crippen LogP contribution in [-0.2, 0) is 24.3 Å². The SMILES string of the molecule is CCc1noc(CN(C(=O)[C@@H]2CCCN(Cc3ccco3)C2)C(C)C)n1. The molecule has 1 aliphatic heterocycles. The van der Waals surface area contributed by atoms with E-state index in [1.54, 1.807) is 6.26 Å². The van der Waals surface area contributed by atoms with E-state index in [2.05, 4.69) is 15.0 Å². The number of piperidine rings is 1. The molecule has 0 N–H and O–H groups in total. The van der Waals surface area contributed by atoms with Crippen LogP contribution < -0.4 is 0 Å². The van der Waals surface area contributed by atoms with Crippen molar-refractivity contribution < 1.29 is 13.7 Å². The predicted molar refractivity (Wildman–Crippen MR) is 96.1 cm³/mol. The lowest BCUT2D eigenvalue weighted by atomic mass is 9.95. The van der Waals surface area contributed by atoms with Crippen LogP contribution in [0.5, 0.6) is 0 Å². The van der Waals surface area contributed by atoms with E-state index in [9.17, 15) is 4.79 Å². The van der Waals surface area contributed by atoms with Gasteiger partial charge >= 0.3 is 0 Å². The summed E-state index contributed by atoms with van der Waals surface area (Å²) in [6.07, 6.45) is 4.35. The highest BCUT2D eigenvalue weighted by Gasteiger charge is 2.31. The van der Waals surface area contributed by atoms with Crippen LogP contribution in [-0.4, -0.2) is 45.0 Å². The molecule has 0 saturated carbocycles. The normalized spacial score (nSPS) is 18.4. The van der Waals surface area contributed by atoms with Crippen LogP contribution in [0.25, 0.3) is 0 Å². The minimum atomic E-state index is -0.00493. The zero-order valence-corrected chi connectivity index (χ0v) is 15.9. The Morgan fingerprint density at radius 1 is 1.46 bits per heavy atom. The third-order valence-corrected chi connectivity index (χ3v) is 4.85. The van der Waals surface area contributed by atoms with Gasteiger partial charge in [0.2, 0.25) is 11.8 Å². The first-order chi connectivity index (χ1) is 12.6. The molecule has 2 aromatic rings. The fourth-order valence-electron chi connectivity index (χ4n) is 3.42. The number of rotatable bonds is 7. The lowest BCUT2D eigenvalue weighted by Crippen LogP contribution is -2.46. The number of furan rings is 1. The van der Waals surface area contributed by atoms with E-state index in [-0.39, 0.29) is 17.9 Å². The zero-order chi connectivity index (χ0) is 18.5. The van der Waals surface area contributed by atoms with Gasteiger partial charge in [0.25, 0.3) is 0 Å². The lowest BCUT2D eigenvalue weighted by molar-refractivity contribution is -0.140. The number of likely N-dealkylation sites (tertiary alicyclic amines) is 1. The van der Waals surface area contributed by atoms with E-state index >= 15 is 0 Å². The number of hydrogen-bond acceptors (Lipinski definition) is 6. The average molecular weight is 360 g/mol. The van der Waals surface area contributed by atoms with E-state index in [4.69, 9.17) is 8.94 Å². The highest BCUT2D eigenvalue weighted by Crippen LogP contribution is 2.22. The van der Waals surface area contributed by atoms with Crippen LogP contribution in [0.15, 0.2) is 27.3 Å². The monoisotopic (exact) mass is 360 g/mol. The molecule has 0 aromatic carbocycles. The molecule has 7 nitrogen and oxygen atoms in total. The van der Waals surface area contributed by atoms with Crippen molar-refractivity contribution >= 4 is 5.91 Å². The van der Waals surface area contributed by atoms with Crippen LogP contribution in [0.2, 0.25) is 0 Å². The highest BCUT2D eigenvalue weighted by atomic mass is 16.5. The minimum Gasteiger partial charge on any atom is -0.468 e. The molecule has 3 heterocycles. The standard InChI is InChI=1S/C19H28N4O3/c1-4-17-20-18(26-21-17)13-23(14(2)3)19(24)15-7-5-9-22(11-15)12-16-8-6-10-25-16/h6,8,10,14-15H,4-5,7,9,11-13H2,1-3H3/t15-/m1/s1. The van der Waals surface area contributed by atoms with E-state index < -0.39 is 0 Å². The van der Waals surface area contributed by atoms with Crippen LogP contribution in [0.3, 0.4) is 0 Å². The summed E-state index contributed by atoms with van der Waals surface area (Å²) in [5.41, 5.74) is 0. The molecule has 142 valence electrons. The van der Waals surface area contributed by atoms with Crippen molar-refractivity contribution in [3.05, 3.63) is 35.9 Å². The maximum absolute atomic E-state index is 13.2. The minimum absolute atomic E-state index is 0.00493. The summed E-state index contributed by atoms with van der Waals surface area (Å²) in [6.45, 7) is 8.91. The summed E-state index contributed by atoms with van der Waals surface area (Å²) in [4.78, 5) is 21.7. The van der Waals surface area contributed by atoms with Crippen molar-refractivity contribution in [3.63, 3.8) is 0 Å². The van der Waals surface area contributed by atoms with Crippen molar-refractivity contribution in [2.45, 2.75) is 59.2 Å². The molecule has 3 rings (SSSR count). The van der Waals surface area contributed by atoms with Gasteiger partial charge in [0.15, 0.2) is 5.82 Å². The molecular weight excluding hydrogens is 332 g/mol. The Bertz CT molecular complexity index is 695. The summed E-state index contributed by atoms with van der Waals surface area (Å²) in [5, 5.41) is 3.93. The molecule has 0 radical (unpaired) electrons. The molecule has 1 fully saturated rings. The Kier molecular flexibility index (Phi) is 6.08. The van der Waals surface area contributed by atoms with Crippen molar-refractivity contribution in [3.8, 4) is 0 Å². The second-order valence-electron chi connectivity index (χ2n) is 7.17. The van der Waals surface area contributed by atoms with Gasteiger partial charge < -0.3 is 13.8 Å². The zero-order valence-electron chi connectivity index (χ0n) is 15.9. The smallest absolute Gasteiger partial charge is 0.246 e. The van der Waals surface area contributed by atoms with Crippen LogP contribution in [0, 0.1) is 5.92 Å². The van der Waals surface area contributed by atoms with Crippen molar-refractivity contribution in [1.82, 2.24) is 19.9 Å². The second-order valence-corrected chi connectivity index (χ2v) is 7.17. The number of nitrogens with zero attached hydrogens (tertiary/aromatic N) is 4. The molecule has 2 aromatic heterocycles. The van der Waals surface area contributed by atoms with Crippen LogP contribution >= 0.6 is 0 Å². The summed E-state index contributed by atoms with van der Waals surface area (Å²) >= 11 is 0. The van der Waals surface area contributed by atoms with Gasteiger partial charge in [-0.05, 0) is 45.4 Å². The molecule has 1 atom stereocenters. The molecule has 1 amide bonds. The number of amides is 1. The Labute approximate surface area is 154 Å². The summed E-state index contributed by atoms with van der Waals surface area (Å²) < 4.78 is 10.7. The molecule has 7 heteroatoms. The maximum atomic E-state index is 13.2. The lowest BCUT2D eigenvalue weighted by Gasteiger charge is -2.35. The summed E-state index contributed by atoms with van der Waals surface area (Å²) in [7, 11) is 0. The predicted octanol–water partition coefficient (Wildman–Crippen LogP) is 2.87. The molecular formula is C19H28N4O3. The maximum Gasteiger partial charge on any atom is 0.246 e. The van der Waals surface area contributed by atoms with Gasteiger partial charge in [0.05, 0.1) is 18.7 Å². The van der Waals surface area contributed by atoms with Gasteiger partial charge in [0.1, 0.15) is 12.3 Å². The molecule has 26 heavy (non-hydrogen) atoms. The van der Waals surface area contributed by atoms with E-state index in [1.165, 1.54) is 0 Å². The van der Waals surface area contributed by atoms with Gasteiger partial charge in [-0.25, -0.2) is 0 Å². The van der Waals surface area contributed by atoms with Gasteiger partial charge in [0, 0.05) is 19.0 Å². The largest absolute Gasteiger partial charge is 0.468 e. The van der Waals surface area contributed by atoms with E-state index in [0.29, 0.717) is 18.3 Å². The van der Waals surface area contributed by atoms with Gasteiger partial charge in [-0.1, -0.05) is 12.1 Å². The molecule has 1 aliphatic rings. The number of aromatic nitrogens is 2. The first-order valence-corrected chi connectivity index (χ1v) is 9.43. The third-order valence-electron chi connectivity index (χ3n) is 4.85. The molecule has 1 saturated heterocycles. The fraction of sp³-hybridized carbons (Fsp3) is 0.632. The van der Waals surface area contributed by atoms with Gasteiger partial charge in [-0.2, -0.15) is 4.98 Å². The molecule has 0 spiro atoms. The number of carbonyl (C=O) groups excluding carboxylic acids is 1. The topological polar surface area (TPSA) is 75.6 Å². The van der Waals surface area contributed by atoms with Crippen molar-refractivity contribution in [2.24, 2.45) is 5.92 Å². The van der Waals surface area contributed by atoms with E-state index in [1.807, 2.05) is 37.8 Å². The van der Waals surface area contributed by atoms with Crippen LogP contribution in [0.4, 0.5) is 0 Å². The number of hydrogen-bond donors (Lipinski definition) is 0. The third kappa shape index (κ3) is 4.52. The van der Waals surface area contributed by atoms with E-state index in [0.717, 1.165) is 44.7 Å². The van der Waals surface area contributed by atoms with Crippen molar-refractivity contribution in [2.75, 3.05) is 13.1 Å². The highest BCUT2D eigenvalue weighted by molar-refractivity contribution is 5.79. The Morgan fingerprint density at radius 2 is 2.31 bits per heavy atom. The molecule has 0 unspecified atom stereocenters. The molecule has 0 bridgehead atoms. The van der Waals surface area contributed by atoms with Gasteiger partial charge in [-0.15, -0.1) is 0 Å². The molecule has 0 aliphatic carbocycles.